The number of ketones is 2. The number of ether oxygens (including phenoxy) is 1. The maximum Gasteiger partial charge on any atom is 0.311 e. The molecule has 182 valence electrons. The van der Waals surface area contributed by atoms with E-state index in [-0.39, 0.29) is 33.8 Å². The van der Waals surface area contributed by atoms with Crippen molar-refractivity contribution >= 4 is 17.3 Å². The lowest BCUT2D eigenvalue weighted by Gasteiger charge is -2.49. The summed E-state index contributed by atoms with van der Waals surface area (Å²) in [5, 5.41) is 11.8. The Kier molecular flexibility index (Phi) is 5.95. The van der Waals surface area contributed by atoms with Gasteiger partial charge < -0.3 is 9.64 Å². The van der Waals surface area contributed by atoms with E-state index >= 15 is 0 Å². The molecule has 0 fully saturated rings. The smallest absolute Gasteiger partial charge is 0.311 e. The van der Waals surface area contributed by atoms with Gasteiger partial charge in [-0.05, 0) is 41.7 Å². The second-order valence-electron chi connectivity index (χ2n) is 11.4. The van der Waals surface area contributed by atoms with Crippen molar-refractivity contribution in [3.63, 3.8) is 0 Å². The summed E-state index contributed by atoms with van der Waals surface area (Å²) >= 11 is 0. The predicted molar refractivity (Wildman–Crippen MR) is 129 cm³/mol. The predicted octanol–water partition coefficient (Wildman–Crippen LogP) is 5.70. The Morgan fingerprint density at radius 1 is 1.00 bits per heavy atom. The molecule has 2 aliphatic carbocycles. The zero-order chi connectivity index (χ0) is 25.0. The van der Waals surface area contributed by atoms with E-state index < -0.39 is 10.8 Å². The van der Waals surface area contributed by atoms with Crippen LogP contribution < -0.4 is 4.74 Å². The summed E-state index contributed by atoms with van der Waals surface area (Å²) in [7, 11) is 1.39. The molecule has 0 spiro atoms. The summed E-state index contributed by atoms with van der Waals surface area (Å²) in [5.41, 5.74) is 3.30. The minimum Gasteiger partial charge on any atom is -0.490 e. The van der Waals surface area contributed by atoms with E-state index in [4.69, 9.17) is 4.74 Å². The van der Waals surface area contributed by atoms with Crippen molar-refractivity contribution in [2.45, 2.75) is 72.6 Å². The van der Waals surface area contributed by atoms with E-state index in [0.717, 1.165) is 37.2 Å². The SMILES string of the molecule is CCCN1C2=C(C(=O)CC(C)(C)C2)C(c2ccc(OC)c([N+](=O)[O-])c2)C2=C1CC(C)(C)CC2=O. The van der Waals surface area contributed by atoms with Crippen LogP contribution in [0, 0.1) is 20.9 Å². The summed E-state index contributed by atoms with van der Waals surface area (Å²) in [6, 6.07) is 4.82. The molecule has 7 heteroatoms. The molecule has 0 saturated heterocycles. The number of carbonyl (C=O) groups is 2. The maximum atomic E-state index is 13.7. The molecule has 0 radical (unpaired) electrons. The van der Waals surface area contributed by atoms with Gasteiger partial charge in [-0.2, -0.15) is 0 Å². The van der Waals surface area contributed by atoms with Gasteiger partial charge in [0.1, 0.15) is 0 Å². The third-order valence-electron chi connectivity index (χ3n) is 7.20. The number of methoxy groups -OCH3 is 1. The van der Waals surface area contributed by atoms with Gasteiger partial charge in [-0.25, -0.2) is 0 Å². The van der Waals surface area contributed by atoms with Crippen LogP contribution >= 0.6 is 0 Å². The van der Waals surface area contributed by atoms with Crippen LogP contribution in [0.15, 0.2) is 40.7 Å². The highest BCUT2D eigenvalue weighted by atomic mass is 16.6. The summed E-state index contributed by atoms with van der Waals surface area (Å²) in [4.78, 5) is 40.8. The topological polar surface area (TPSA) is 89.8 Å². The summed E-state index contributed by atoms with van der Waals surface area (Å²) in [5.74, 6) is -0.372. The number of nitrogens with zero attached hydrogens (tertiary/aromatic N) is 2. The molecular formula is C27H34N2O5. The molecule has 0 unspecified atom stereocenters. The van der Waals surface area contributed by atoms with Crippen LogP contribution in [0.3, 0.4) is 0 Å². The maximum absolute atomic E-state index is 13.7. The normalized spacial score (nSPS) is 22.0. The minimum absolute atomic E-state index is 0.0278. The van der Waals surface area contributed by atoms with Crippen molar-refractivity contribution < 1.29 is 19.2 Å². The van der Waals surface area contributed by atoms with Gasteiger partial charge in [-0.15, -0.1) is 0 Å². The second-order valence-corrected chi connectivity index (χ2v) is 11.4. The average molecular weight is 467 g/mol. The van der Waals surface area contributed by atoms with E-state index in [0.29, 0.717) is 29.6 Å². The van der Waals surface area contributed by atoms with Crippen molar-refractivity contribution in [1.29, 1.82) is 0 Å². The Hall–Kier alpha value is -2.96. The lowest BCUT2D eigenvalue weighted by molar-refractivity contribution is -0.385. The van der Waals surface area contributed by atoms with Crippen LogP contribution in [-0.4, -0.2) is 35.0 Å². The Bertz CT molecular complexity index is 1090. The fraction of sp³-hybridized carbons (Fsp3) is 0.556. The number of nitro benzene ring substituents is 1. The van der Waals surface area contributed by atoms with E-state index in [1.54, 1.807) is 12.1 Å². The molecule has 1 aliphatic heterocycles. The molecule has 0 saturated carbocycles. The minimum atomic E-state index is -0.588. The van der Waals surface area contributed by atoms with Crippen LogP contribution in [0.1, 0.15) is 78.2 Å². The highest BCUT2D eigenvalue weighted by Crippen LogP contribution is 2.54. The van der Waals surface area contributed by atoms with Gasteiger partial charge in [-0.1, -0.05) is 40.7 Å². The molecule has 1 aromatic carbocycles. The van der Waals surface area contributed by atoms with Gasteiger partial charge in [0.05, 0.1) is 12.0 Å². The van der Waals surface area contributed by atoms with E-state index in [9.17, 15) is 19.7 Å². The Balaban J connectivity index is 2.01. The quantitative estimate of drug-likeness (QED) is 0.408. The van der Waals surface area contributed by atoms with Crippen LogP contribution in [-0.2, 0) is 9.59 Å². The lowest BCUT2D eigenvalue weighted by Crippen LogP contribution is -2.44. The van der Waals surface area contributed by atoms with Crippen LogP contribution in [0.25, 0.3) is 0 Å². The Morgan fingerprint density at radius 2 is 1.53 bits per heavy atom. The number of Topliss-reactive ketones (excluding diaryl/α,β-unsaturated/α-hetero) is 2. The molecule has 3 aliphatic rings. The van der Waals surface area contributed by atoms with Crippen LogP contribution in [0.2, 0.25) is 0 Å². The highest BCUT2D eigenvalue weighted by molar-refractivity contribution is 6.06. The Morgan fingerprint density at radius 3 is 1.97 bits per heavy atom. The van der Waals surface area contributed by atoms with Gasteiger partial charge in [0.2, 0.25) is 0 Å². The largest absolute Gasteiger partial charge is 0.490 e. The van der Waals surface area contributed by atoms with Crippen LogP contribution in [0.4, 0.5) is 5.69 Å². The highest BCUT2D eigenvalue weighted by Gasteiger charge is 2.49. The number of benzene rings is 1. The van der Waals surface area contributed by atoms with Crippen molar-refractivity contribution in [1.82, 2.24) is 4.90 Å². The molecule has 0 aromatic heterocycles. The number of hydrogen-bond donors (Lipinski definition) is 0. The number of carbonyl (C=O) groups excluding carboxylic acids is 2. The standard InChI is InChI=1S/C27H34N2O5/c1-7-10-28-18-12-26(2,3)14-20(30)24(18)23(25-19(28)13-27(4,5)15-21(25)31)16-8-9-22(34-6)17(11-16)29(32)33/h8-9,11,23H,7,10,12-15H2,1-6H3. The lowest BCUT2D eigenvalue weighted by atomic mass is 9.63. The summed E-state index contributed by atoms with van der Waals surface area (Å²) < 4.78 is 5.20. The molecule has 0 atom stereocenters. The van der Waals surface area contributed by atoms with Gasteiger partial charge in [0.15, 0.2) is 17.3 Å². The first-order valence-electron chi connectivity index (χ1n) is 12.0. The zero-order valence-corrected chi connectivity index (χ0v) is 21.0. The number of hydrogen-bond acceptors (Lipinski definition) is 6. The first kappa shape index (κ1) is 24.2. The second kappa shape index (κ2) is 8.36. The van der Waals surface area contributed by atoms with E-state index in [1.165, 1.54) is 13.2 Å². The summed E-state index contributed by atoms with van der Waals surface area (Å²) in [6.07, 6.45) is 3.13. The molecule has 7 nitrogen and oxygen atoms in total. The molecule has 4 rings (SSSR count). The molecule has 0 amide bonds. The van der Waals surface area contributed by atoms with Gasteiger partial charge >= 0.3 is 5.69 Å². The first-order chi connectivity index (χ1) is 15.9. The van der Waals surface area contributed by atoms with Crippen molar-refractivity contribution in [3.8, 4) is 5.75 Å². The molecule has 1 aromatic rings. The van der Waals surface area contributed by atoms with Gasteiger partial charge in [-0.3, -0.25) is 19.7 Å². The van der Waals surface area contributed by atoms with Crippen molar-refractivity contribution in [2.75, 3.05) is 13.7 Å². The van der Waals surface area contributed by atoms with Gasteiger partial charge in [0.25, 0.3) is 0 Å². The fourth-order valence-corrected chi connectivity index (χ4v) is 5.90. The van der Waals surface area contributed by atoms with Gasteiger partial charge in [0, 0.05) is 53.9 Å². The third kappa shape index (κ3) is 4.05. The van der Waals surface area contributed by atoms with Crippen molar-refractivity contribution in [3.05, 3.63) is 56.4 Å². The van der Waals surface area contributed by atoms with E-state index in [1.807, 2.05) is 0 Å². The van der Waals surface area contributed by atoms with E-state index in [2.05, 4.69) is 39.5 Å². The molecule has 34 heavy (non-hydrogen) atoms. The zero-order valence-electron chi connectivity index (χ0n) is 21.0. The third-order valence-corrected chi connectivity index (χ3v) is 7.20. The molecular weight excluding hydrogens is 432 g/mol. The number of allylic oxidation sites excluding steroid dienone is 4. The number of nitro groups is 1. The van der Waals surface area contributed by atoms with Crippen molar-refractivity contribution in [2.24, 2.45) is 10.8 Å². The average Bonchev–Trinajstić information content (AvgIpc) is 2.72. The molecule has 0 N–H and O–H groups in total. The fourth-order valence-electron chi connectivity index (χ4n) is 5.90. The first-order valence-corrected chi connectivity index (χ1v) is 12.0. The number of rotatable bonds is 5. The monoisotopic (exact) mass is 466 g/mol. The Labute approximate surface area is 201 Å². The molecule has 1 heterocycles. The van der Waals surface area contributed by atoms with Crippen LogP contribution in [0.5, 0.6) is 5.75 Å². The summed E-state index contributed by atoms with van der Waals surface area (Å²) in [6.45, 7) is 11.3. The molecule has 0 bridgehead atoms.